The zero-order chi connectivity index (χ0) is 36.5. The summed E-state index contributed by atoms with van der Waals surface area (Å²) in [6.45, 7) is 12.6. The molecule has 260 valence electrons. The number of aromatic amines is 2. The topological polar surface area (TPSA) is 75.8 Å². The van der Waals surface area contributed by atoms with Gasteiger partial charge in [0.15, 0.2) is 0 Å². The molecule has 6 heterocycles. The zero-order valence-electron chi connectivity index (χ0n) is 30.9. The van der Waals surface area contributed by atoms with Gasteiger partial charge in [-0.05, 0) is 107 Å². The van der Waals surface area contributed by atoms with Crippen molar-refractivity contribution in [1.82, 2.24) is 19.9 Å². The molecule has 1 fully saturated rings. The molecular formula is C46H41BN4O2. The molecule has 0 unspecified atom stereocenters. The van der Waals surface area contributed by atoms with E-state index < -0.39 is 18.3 Å². The minimum Gasteiger partial charge on any atom is -0.399 e. The van der Waals surface area contributed by atoms with Crippen molar-refractivity contribution in [2.45, 2.75) is 52.7 Å². The average molecular weight is 693 g/mol. The predicted molar refractivity (Wildman–Crippen MR) is 220 cm³/mol. The van der Waals surface area contributed by atoms with Gasteiger partial charge in [0.2, 0.25) is 0 Å². The second-order valence-corrected chi connectivity index (χ2v) is 15.2. The first-order valence-electron chi connectivity index (χ1n) is 18.3. The van der Waals surface area contributed by atoms with Crippen LogP contribution in [0.4, 0.5) is 0 Å². The highest BCUT2D eigenvalue weighted by Gasteiger charge is 2.52. The molecule has 8 bridgehead atoms. The highest BCUT2D eigenvalue weighted by molar-refractivity contribution is 6.65. The second-order valence-electron chi connectivity index (χ2n) is 15.2. The van der Waals surface area contributed by atoms with Gasteiger partial charge in [0.05, 0.1) is 34.0 Å². The smallest absolute Gasteiger partial charge is 0.399 e. The second kappa shape index (κ2) is 12.4. The molecule has 6 aromatic rings. The van der Waals surface area contributed by atoms with Crippen molar-refractivity contribution in [3.8, 4) is 33.4 Å². The Labute approximate surface area is 310 Å². The Balaban J connectivity index is 1.44. The number of H-pyrrole nitrogens is 2. The van der Waals surface area contributed by atoms with Crippen LogP contribution in [0.5, 0.6) is 0 Å². The van der Waals surface area contributed by atoms with Gasteiger partial charge in [0.25, 0.3) is 0 Å². The maximum absolute atomic E-state index is 6.74. The van der Waals surface area contributed by atoms with Crippen molar-refractivity contribution in [3.63, 3.8) is 0 Å². The van der Waals surface area contributed by atoms with Crippen LogP contribution in [0, 0.1) is 13.8 Å². The third-order valence-electron chi connectivity index (χ3n) is 11.0. The van der Waals surface area contributed by atoms with Crippen molar-refractivity contribution in [2.75, 3.05) is 0 Å². The number of nitrogens with zero attached hydrogens (tertiary/aromatic N) is 2. The Morgan fingerprint density at radius 2 is 0.830 bits per heavy atom. The summed E-state index contributed by atoms with van der Waals surface area (Å²) in [7, 11) is -0.650. The molecule has 3 aromatic carbocycles. The maximum atomic E-state index is 6.74. The van der Waals surface area contributed by atoms with Crippen LogP contribution in [0.2, 0.25) is 0 Å². The van der Waals surface area contributed by atoms with Crippen molar-refractivity contribution >= 4 is 59.0 Å². The van der Waals surface area contributed by atoms with Crippen LogP contribution in [-0.2, 0) is 9.31 Å². The summed E-state index contributed by atoms with van der Waals surface area (Å²) < 4.78 is 13.5. The molecule has 0 atom stereocenters. The minimum absolute atomic E-state index is 0.535. The number of rotatable bonds is 4. The standard InChI is InChI=1S/C46H41BN4O2/c1-28-12-16-31(17-13-28)42-35-22-20-33(48-35)41(30-10-8-7-9-11-30)34-21-23-36(49-34)43(32-18-14-29(2)15-19-32)38-25-27-40(51-38)44(39-26-24-37(42)50-39)47-52-45(3,4)46(5,6)53-47/h7-27,48,51H,1-6H3. The lowest BCUT2D eigenvalue weighted by molar-refractivity contribution is 0.00578. The van der Waals surface area contributed by atoms with Crippen molar-refractivity contribution in [1.29, 1.82) is 0 Å². The van der Waals surface area contributed by atoms with Crippen LogP contribution in [0.1, 0.15) is 61.6 Å². The normalized spacial score (nSPS) is 15.7. The van der Waals surface area contributed by atoms with Gasteiger partial charge >= 0.3 is 7.12 Å². The number of nitrogens with one attached hydrogen (secondary N) is 2. The molecule has 1 saturated heterocycles. The summed E-state index contributed by atoms with van der Waals surface area (Å²) in [4.78, 5) is 18.4. The number of aryl methyl sites for hydroxylation is 2. The van der Waals surface area contributed by atoms with Gasteiger partial charge in [-0.2, -0.15) is 0 Å². The lowest BCUT2D eigenvalue weighted by Gasteiger charge is -2.32. The Morgan fingerprint density at radius 1 is 0.453 bits per heavy atom. The van der Waals surface area contributed by atoms with Crippen molar-refractivity contribution in [3.05, 3.63) is 137 Å². The third kappa shape index (κ3) is 5.77. The van der Waals surface area contributed by atoms with Crippen LogP contribution in [0.25, 0.3) is 79.8 Å². The Kier molecular flexibility index (Phi) is 7.77. The first-order chi connectivity index (χ1) is 25.5. The van der Waals surface area contributed by atoms with Crippen LogP contribution in [0.3, 0.4) is 0 Å². The monoisotopic (exact) mass is 692 g/mol. The molecule has 53 heavy (non-hydrogen) atoms. The highest BCUT2D eigenvalue weighted by atomic mass is 16.7. The first-order valence-corrected chi connectivity index (χ1v) is 18.3. The van der Waals surface area contributed by atoms with E-state index in [0.29, 0.717) is 0 Å². The van der Waals surface area contributed by atoms with Gasteiger partial charge in [0, 0.05) is 44.2 Å². The fourth-order valence-corrected chi connectivity index (χ4v) is 7.39. The molecule has 2 N–H and O–H groups in total. The molecule has 0 aliphatic carbocycles. The molecule has 3 aromatic heterocycles. The van der Waals surface area contributed by atoms with Crippen LogP contribution in [-0.4, -0.2) is 38.3 Å². The molecule has 0 saturated carbocycles. The molecule has 7 heteroatoms. The molecule has 0 spiro atoms. The minimum atomic E-state index is -0.650. The predicted octanol–water partition coefficient (Wildman–Crippen LogP) is 10.6. The van der Waals surface area contributed by atoms with Crippen LogP contribution >= 0.6 is 0 Å². The number of benzene rings is 3. The van der Waals surface area contributed by atoms with E-state index in [-0.39, 0.29) is 0 Å². The Bertz CT molecular complexity index is 2570. The number of hydrogen-bond donors (Lipinski definition) is 2. The number of hydrogen-bond acceptors (Lipinski definition) is 4. The molecule has 6 nitrogen and oxygen atoms in total. The lowest BCUT2D eigenvalue weighted by atomic mass is 9.77. The van der Waals surface area contributed by atoms with Gasteiger partial charge in [-0.1, -0.05) is 90.0 Å². The molecule has 0 amide bonds. The summed E-state index contributed by atoms with van der Waals surface area (Å²) in [5.41, 5.74) is 15.6. The summed E-state index contributed by atoms with van der Waals surface area (Å²) in [6.07, 6.45) is 8.45. The van der Waals surface area contributed by atoms with Crippen molar-refractivity contribution in [2.24, 2.45) is 0 Å². The van der Waals surface area contributed by atoms with E-state index in [2.05, 4.69) is 173 Å². The zero-order valence-corrected chi connectivity index (χ0v) is 30.9. The largest absolute Gasteiger partial charge is 0.499 e. The van der Waals surface area contributed by atoms with Gasteiger partial charge in [-0.25, -0.2) is 9.97 Å². The SMILES string of the molecule is Cc1ccc(-c2c3nc(c(-c4ccccc4)c4ccc([nH]4)c(-c4ccc(C)cc4)c4nc(c(B5OC(C)(C)C(C)(C)O5)c5ccc2[nH]5)C=C4)C=C3)cc1. The molecule has 0 radical (unpaired) electrons. The molecule has 3 aliphatic rings. The van der Waals surface area contributed by atoms with Gasteiger partial charge in [-0.3, -0.25) is 0 Å². The van der Waals surface area contributed by atoms with E-state index >= 15 is 0 Å². The number of aromatic nitrogens is 4. The molecule has 3 aliphatic heterocycles. The van der Waals surface area contributed by atoms with Crippen LogP contribution < -0.4 is 5.46 Å². The fourth-order valence-electron chi connectivity index (χ4n) is 7.39. The maximum Gasteiger partial charge on any atom is 0.499 e. The molecular weight excluding hydrogens is 651 g/mol. The van der Waals surface area contributed by atoms with Crippen molar-refractivity contribution < 1.29 is 9.31 Å². The van der Waals surface area contributed by atoms with E-state index in [1.807, 2.05) is 6.07 Å². The summed E-state index contributed by atoms with van der Waals surface area (Å²) >= 11 is 0. The Morgan fingerprint density at radius 3 is 1.30 bits per heavy atom. The lowest BCUT2D eigenvalue weighted by Crippen LogP contribution is -2.41. The average Bonchev–Trinajstić information content (AvgIpc) is 3.98. The fraction of sp³-hybridized carbons (Fsp3) is 0.174. The third-order valence-corrected chi connectivity index (χ3v) is 11.0. The van der Waals surface area contributed by atoms with E-state index in [9.17, 15) is 0 Å². The van der Waals surface area contributed by atoms with Gasteiger partial charge in [0.1, 0.15) is 0 Å². The quantitative estimate of drug-likeness (QED) is 0.180. The summed E-state index contributed by atoms with van der Waals surface area (Å²) in [5, 5.41) is 0. The van der Waals surface area contributed by atoms with E-state index in [1.165, 1.54) is 11.1 Å². The van der Waals surface area contributed by atoms with Gasteiger partial charge < -0.3 is 19.3 Å². The summed E-state index contributed by atoms with van der Waals surface area (Å²) in [6, 6.07) is 36.3. The number of fused-ring (bicyclic) bond motifs is 8. The van der Waals surface area contributed by atoms with E-state index in [1.54, 1.807) is 0 Å². The van der Waals surface area contributed by atoms with E-state index in [4.69, 9.17) is 19.3 Å². The van der Waals surface area contributed by atoms with Gasteiger partial charge in [-0.15, -0.1) is 0 Å². The van der Waals surface area contributed by atoms with E-state index in [0.717, 1.165) is 83.7 Å². The Hall–Kier alpha value is -5.76. The summed E-state index contributed by atoms with van der Waals surface area (Å²) in [5.74, 6) is 0. The highest BCUT2D eigenvalue weighted by Crippen LogP contribution is 2.39. The van der Waals surface area contributed by atoms with Crippen LogP contribution in [0.15, 0.2) is 103 Å². The molecule has 9 rings (SSSR count). The first kappa shape index (κ1) is 33.1.